The molecule has 3 N–H and O–H groups in total. The average Bonchev–Trinajstić information content (AvgIpc) is 2.28. The predicted molar refractivity (Wildman–Crippen MR) is 68.3 cm³/mol. The molecule has 1 atom stereocenters. The Morgan fingerprint density at radius 2 is 1.81 bits per heavy atom. The molecular weight excluding hydrogens is 198 g/mol. The normalized spacial score (nSPS) is 13.8. The van der Waals surface area contributed by atoms with Crippen molar-refractivity contribution in [2.75, 3.05) is 0 Å². The average molecular weight is 221 g/mol. The Kier molecular flexibility index (Phi) is 4.51. The first-order valence-corrected chi connectivity index (χ1v) is 6.08. The van der Waals surface area contributed by atoms with Crippen molar-refractivity contribution >= 4 is 0 Å². The number of aliphatic hydroxyl groups excluding tert-OH is 1. The molecule has 0 saturated heterocycles. The van der Waals surface area contributed by atoms with E-state index in [1.165, 1.54) is 11.1 Å². The van der Waals surface area contributed by atoms with Gasteiger partial charge in [0.15, 0.2) is 0 Å². The van der Waals surface area contributed by atoms with Gasteiger partial charge >= 0.3 is 0 Å². The van der Waals surface area contributed by atoms with Crippen LogP contribution >= 0.6 is 0 Å². The molecule has 1 unspecified atom stereocenters. The van der Waals surface area contributed by atoms with Crippen molar-refractivity contribution in [1.82, 2.24) is 0 Å². The highest BCUT2D eigenvalue weighted by atomic mass is 16.3. The summed E-state index contributed by atoms with van der Waals surface area (Å²) in [6.07, 6.45) is 2.19. The maximum absolute atomic E-state index is 9.50. The second kappa shape index (κ2) is 5.46. The zero-order chi connectivity index (χ0) is 12.2. The van der Waals surface area contributed by atoms with E-state index in [1.54, 1.807) is 0 Å². The van der Waals surface area contributed by atoms with Gasteiger partial charge in [-0.1, -0.05) is 38.1 Å². The van der Waals surface area contributed by atoms with Crippen LogP contribution in [0, 0.1) is 0 Å². The van der Waals surface area contributed by atoms with Crippen molar-refractivity contribution < 1.29 is 5.11 Å². The zero-order valence-corrected chi connectivity index (χ0v) is 10.5. The van der Waals surface area contributed by atoms with Crippen LogP contribution in [0.25, 0.3) is 0 Å². The molecule has 90 valence electrons. The highest BCUT2D eigenvalue weighted by Crippen LogP contribution is 2.29. The van der Waals surface area contributed by atoms with E-state index in [0.717, 1.165) is 12.8 Å². The molecule has 16 heavy (non-hydrogen) atoms. The largest absolute Gasteiger partial charge is 0.393 e. The molecular formula is C14H23NO. The molecule has 0 aliphatic rings. The minimum atomic E-state index is -0.320. The Balaban J connectivity index is 3.11. The van der Waals surface area contributed by atoms with Gasteiger partial charge < -0.3 is 10.8 Å². The fourth-order valence-corrected chi connectivity index (χ4v) is 2.13. The van der Waals surface area contributed by atoms with Gasteiger partial charge in [0.1, 0.15) is 0 Å². The van der Waals surface area contributed by atoms with Crippen molar-refractivity contribution in [2.24, 2.45) is 5.73 Å². The van der Waals surface area contributed by atoms with Crippen LogP contribution < -0.4 is 5.73 Å². The van der Waals surface area contributed by atoms with Gasteiger partial charge in [-0.15, -0.1) is 0 Å². The van der Waals surface area contributed by atoms with Gasteiger partial charge in [0, 0.05) is 5.54 Å². The van der Waals surface area contributed by atoms with Crippen LogP contribution in [0.15, 0.2) is 24.3 Å². The molecule has 0 aliphatic carbocycles. The van der Waals surface area contributed by atoms with E-state index < -0.39 is 0 Å². The molecule has 1 aromatic carbocycles. The Morgan fingerprint density at radius 3 is 2.31 bits per heavy atom. The predicted octanol–water partition coefficient (Wildman–Crippen LogP) is 2.58. The Morgan fingerprint density at radius 1 is 1.25 bits per heavy atom. The van der Waals surface area contributed by atoms with Gasteiger partial charge in [-0.2, -0.15) is 0 Å². The quantitative estimate of drug-likeness (QED) is 0.802. The highest BCUT2D eigenvalue weighted by Gasteiger charge is 2.25. The summed E-state index contributed by atoms with van der Waals surface area (Å²) in [4.78, 5) is 0. The molecule has 0 fully saturated rings. The lowest BCUT2D eigenvalue weighted by Crippen LogP contribution is -2.36. The maximum Gasteiger partial charge on any atom is 0.0552 e. The monoisotopic (exact) mass is 221 g/mol. The number of benzene rings is 1. The van der Waals surface area contributed by atoms with E-state index in [4.69, 9.17) is 5.73 Å². The van der Waals surface area contributed by atoms with Crippen LogP contribution in [0.1, 0.15) is 44.7 Å². The van der Waals surface area contributed by atoms with Crippen LogP contribution in [-0.4, -0.2) is 11.2 Å². The number of aliphatic hydroxyl groups is 1. The lowest BCUT2D eigenvalue weighted by Gasteiger charge is -2.30. The Bertz CT molecular complexity index is 329. The second-order valence-electron chi connectivity index (χ2n) is 4.57. The first-order valence-electron chi connectivity index (χ1n) is 6.08. The van der Waals surface area contributed by atoms with Crippen molar-refractivity contribution in [3.05, 3.63) is 35.4 Å². The first kappa shape index (κ1) is 13.2. The Hall–Kier alpha value is -0.860. The van der Waals surface area contributed by atoms with Crippen molar-refractivity contribution in [3.63, 3.8) is 0 Å². The van der Waals surface area contributed by atoms with Crippen LogP contribution in [0.3, 0.4) is 0 Å². The molecule has 0 spiro atoms. The van der Waals surface area contributed by atoms with E-state index in [9.17, 15) is 5.11 Å². The van der Waals surface area contributed by atoms with Crippen molar-refractivity contribution in [3.8, 4) is 0 Å². The van der Waals surface area contributed by atoms with Crippen LogP contribution in [0.5, 0.6) is 0 Å². The smallest absolute Gasteiger partial charge is 0.0552 e. The minimum absolute atomic E-state index is 0.258. The lowest BCUT2D eigenvalue weighted by atomic mass is 9.82. The topological polar surface area (TPSA) is 46.2 Å². The minimum Gasteiger partial charge on any atom is -0.393 e. The molecule has 0 heterocycles. The second-order valence-corrected chi connectivity index (χ2v) is 4.57. The summed E-state index contributed by atoms with van der Waals surface area (Å²) in [7, 11) is 0. The third-order valence-electron chi connectivity index (χ3n) is 3.33. The van der Waals surface area contributed by atoms with Crippen LogP contribution in [-0.2, 0) is 12.0 Å². The molecule has 0 radical (unpaired) electrons. The van der Waals surface area contributed by atoms with Crippen molar-refractivity contribution in [2.45, 2.75) is 51.7 Å². The summed E-state index contributed by atoms with van der Waals surface area (Å²) in [6.45, 7) is 6.04. The lowest BCUT2D eigenvalue weighted by molar-refractivity contribution is 0.194. The molecule has 0 bridgehead atoms. The Labute approximate surface area is 98.5 Å². The molecule has 0 amide bonds. The molecule has 1 rings (SSSR count). The number of rotatable bonds is 5. The summed E-state index contributed by atoms with van der Waals surface area (Å²) in [5.41, 5.74) is 8.51. The third kappa shape index (κ3) is 2.83. The van der Waals surface area contributed by atoms with E-state index in [1.807, 2.05) is 19.1 Å². The molecule has 2 nitrogen and oxygen atoms in total. The molecule has 0 saturated carbocycles. The van der Waals surface area contributed by atoms with E-state index in [2.05, 4.69) is 26.0 Å². The maximum atomic E-state index is 9.50. The number of hydrogen-bond acceptors (Lipinski definition) is 2. The summed E-state index contributed by atoms with van der Waals surface area (Å²) in [5.74, 6) is 0. The number of hydrogen-bond donors (Lipinski definition) is 2. The fraction of sp³-hybridized carbons (Fsp3) is 0.571. The van der Waals surface area contributed by atoms with Gasteiger partial charge in [-0.25, -0.2) is 0 Å². The summed E-state index contributed by atoms with van der Waals surface area (Å²) >= 11 is 0. The third-order valence-corrected chi connectivity index (χ3v) is 3.33. The number of nitrogens with two attached hydrogens (primary N) is 1. The van der Waals surface area contributed by atoms with E-state index in [-0.39, 0.29) is 11.6 Å². The molecule has 0 aliphatic heterocycles. The fourth-order valence-electron chi connectivity index (χ4n) is 2.13. The van der Waals surface area contributed by atoms with Gasteiger partial charge in [0.25, 0.3) is 0 Å². The molecule has 1 aromatic rings. The van der Waals surface area contributed by atoms with Crippen molar-refractivity contribution in [1.29, 1.82) is 0 Å². The molecule has 0 aromatic heterocycles. The standard InChI is InChI=1S/C14H23NO/c1-4-14(15,5-2)13-9-7-6-8-12(13)10-11(3)16/h6-9,11,16H,4-5,10,15H2,1-3H3. The van der Waals surface area contributed by atoms with Gasteiger partial charge in [0.2, 0.25) is 0 Å². The first-order chi connectivity index (χ1) is 7.53. The zero-order valence-electron chi connectivity index (χ0n) is 10.5. The molecule has 2 heteroatoms. The SMILES string of the molecule is CCC(N)(CC)c1ccccc1CC(C)O. The summed E-state index contributed by atoms with van der Waals surface area (Å²) in [6, 6.07) is 8.18. The van der Waals surface area contributed by atoms with E-state index >= 15 is 0 Å². The summed E-state index contributed by atoms with van der Waals surface area (Å²) in [5, 5.41) is 9.50. The van der Waals surface area contributed by atoms with Crippen LogP contribution in [0.4, 0.5) is 0 Å². The van der Waals surface area contributed by atoms with Gasteiger partial charge in [0.05, 0.1) is 6.10 Å². The van der Waals surface area contributed by atoms with Gasteiger partial charge in [-0.3, -0.25) is 0 Å². The van der Waals surface area contributed by atoms with Crippen LogP contribution in [0.2, 0.25) is 0 Å². The highest BCUT2D eigenvalue weighted by molar-refractivity contribution is 5.34. The summed E-state index contributed by atoms with van der Waals surface area (Å²) < 4.78 is 0. The van der Waals surface area contributed by atoms with E-state index in [0.29, 0.717) is 6.42 Å². The van der Waals surface area contributed by atoms with Gasteiger partial charge in [-0.05, 0) is 37.3 Å².